The second-order valence-electron chi connectivity index (χ2n) is 6.50. The van der Waals surface area contributed by atoms with Gasteiger partial charge in [0.2, 0.25) is 0 Å². The van der Waals surface area contributed by atoms with Crippen LogP contribution in [-0.4, -0.2) is 36.6 Å². The third kappa shape index (κ3) is 2.53. The van der Waals surface area contributed by atoms with E-state index in [9.17, 15) is 0 Å². The molecule has 0 spiro atoms. The van der Waals surface area contributed by atoms with Crippen molar-refractivity contribution in [1.82, 2.24) is 10.2 Å². The van der Waals surface area contributed by atoms with Crippen LogP contribution in [0.4, 0.5) is 0 Å². The standard InChI is InChI=1S/C15H28N2/c1-2-12-5-7-14(8-6-12)17-10-13-4-3-9-16-15(13)11-17/h12-16H,2-11H2,1H3. The van der Waals surface area contributed by atoms with Crippen molar-refractivity contribution >= 4 is 0 Å². The maximum Gasteiger partial charge on any atom is 0.0235 e. The molecule has 0 bridgehead atoms. The smallest absolute Gasteiger partial charge is 0.0235 e. The fourth-order valence-corrected chi connectivity index (χ4v) is 4.30. The molecule has 0 aromatic carbocycles. The number of nitrogens with zero attached hydrogens (tertiary/aromatic N) is 1. The molecule has 17 heavy (non-hydrogen) atoms. The van der Waals surface area contributed by atoms with Gasteiger partial charge in [0.05, 0.1) is 0 Å². The molecular weight excluding hydrogens is 208 g/mol. The average molecular weight is 236 g/mol. The lowest BCUT2D eigenvalue weighted by Crippen LogP contribution is -2.41. The number of fused-ring (bicyclic) bond motifs is 1. The fraction of sp³-hybridized carbons (Fsp3) is 1.00. The SMILES string of the molecule is CCC1CCC(N2CC3CCCNC3C2)CC1. The maximum absolute atomic E-state index is 3.73. The summed E-state index contributed by atoms with van der Waals surface area (Å²) in [5.74, 6) is 2.00. The first kappa shape index (κ1) is 12.0. The van der Waals surface area contributed by atoms with Gasteiger partial charge in [0.15, 0.2) is 0 Å². The molecule has 0 amide bonds. The first-order chi connectivity index (χ1) is 8.36. The van der Waals surface area contributed by atoms with Crippen LogP contribution in [0.1, 0.15) is 51.9 Å². The van der Waals surface area contributed by atoms with Gasteiger partial charge in [-0.15, -0.1) is 0 Å². The van der Waals surface area contributed by atoms with Gasteiger partial charge in [-0.05, 0) is 56.9 Å². The molecule has 0 aromatic heterocycles. The van der Waals surface area contributed by atoms with Crippen molar-refractivity contribution in [1.29, 1.82) is 0 Å². The summed E-state index contributed by atoms with van der Waals surface area (Å²) in [6.07, 6.45) is 10.2. The zero-order valence-electron chi connectivity index (χ0n) is 11.3. The van der Waals surface area contributed by atoms with Crippen molar-refractivity contribution in [2.24, 2.45) is 11.8 Å². The predicted molar refractivity (Wildman–Crippen MR) is 72.1 cm³/mol. The Hall–Kier alpha value is -0.0800. The summed E-state index contributed by atoms with van der Waals surface area (Å²) in [6, 6.07) is 1.75. The van der Waals surface area contributed by atoms with E-state index < -0.39 is 0 Å². The lowest BCUT2D eigenvalue weighted by Gasteiger charge is -2.34. The molecule has 2 heterocycles. The summed E-state index contributed by atoms with van der Waals surface area (Å²) in [5.41, 5.74) is 0. The number of rotatable bonds is 2. The molecule has 3 aliphatic rings. The summed E-state index contributed by atoms with van der Waals surface area (Å²) in [6.45, 7) is 6.35. The molecule has 1 N–H and O–H groups in total. The number of likely N-dealkylation sites (tertiary alicyclic amines) is 1. The molecule has 3 rings (SSSR count). The summed E-state index contributed by atoms with van der Waals surface area (Å²) < 4.78 is 0. The van der Waals surface area contributed by atoms with E-state index in [2.05, 4.69) is 17.1 Å². The zero-order valence-corrected chi connectivity index (χ0v) is 11.3. The molecule has 2 saturated heterocycles. The lowest BCUT2D eigenvalue weighted by atomic mass is 9.84. The van der Waals surface area contributed by atoms with Crippen LogP contribution >= 0.6 is 0 Å². The second kappa shape index (κ2) is 5.27. The van der Waals surface area contributed by atoms with Crippen LogP contribution in [0.25, 0.3) is 0 Å². The van der Waals surface area contributed by atoms with Gasteiger partial charge in [0.25, 0.3) is 0 Å². The first-order valence-electron chi connectivity index (χ1n) is 7.84. The molecule has 0 radical (unpaired) electrons. The van der Waals surface area contributed by atoms with E-state index in [1.165, 1.54) is 64.6 Å². The molecule has 98 valence electrons. The monoisotopic (exact) mass is 236 g/mol. The molecule has 2 unspecified atom stereocenters. The van der Waals surface area contributed by atoms with Gasteiger partial charge >= 0.3 is 0 Å². The van der Waals surface area contributed by atoms with Crippen molar-refractivity contribution in [3.63, 3.8) is 0 Å². The Balaban J connectivity index is 1.52. The molecule has 1 saturated carbocycles. The quantitative estimate of drug-likeness (QED) is 0.793. The van der Waals surface area contributed by atoms with E-state index in [0.717, 1.165) is 23.9 Å². The summed E-state index contributed by atoms with van der Waals surface area (Å²) >= 11 is 0. The molecule has 3 fully saturated rings. The van der Waals surface area contributed by atoms with Crippen molar-refractivity contribution < 1.29 is 0 Å². The Morgan fingerprint density at radius 1 is 1.06 bits per heavy atom. The molecule has 1 aliphatic carbocycles. The zero-order chi connectivity index (χ0) is 11.7. The predicted octanol–water partition coefficient (Wildman–Crippen LogP) is 2.64. The van der Waals surface area contributed by atoms with Crippen LogP contribution < -0.4 is 5.32 Å². The molecule has 2 heteroatoms. The third-order valence-electron chi connectivity index (χ3n) is 5.54. The third-order valence-corrected chi connectivity index (χ3v) is 5.54. The summed E-state index contributed by atoms with van der Waals surface area (Å²) in [5, 5.41) is 3.73. The van der Waals surface area contributed by atoms with Crippen molar-refractivity contribution in [3.05, 3.63) is 0 Å². The van der Waals surface area contributed by atoms with E-state index >= 15 is 0 Å². The minimum absolute atomic E-state index is 0.827. The number of nitrogens with one attached hydrogen (secondary N) is 1. The highest BCUT2D eigenvalue weighted by atomic mass is 15.2. The van der Waals surface area contributed by atoms with E-state index in [0.29, 0.717) is 0 Å². The fourth-order valence-electron chi connectivity index (χ4n) is 4.30. The number of hydrogen-bond acceptors (Lipinski definition) is 2. The molecule has 2 nitrogen and oxygen atoms in total. The Morgan fingerprint density at radius 2 is 1.88 bits per heavy atom. The first-order valence-corrected chi connectivity index (χ1v) is 7.84. The normalized spacial score (nSPS) is 43.6. The lowest BCUT2D eigenvalue weighted by molar-refractivity contribution is 0.157. The van der Waals surface area contributed by atoms with Gasteiger partial charge in [-0.25, -0.2) is 0 Å². The van der Waals surface area contributed by atoms with Crippen LogP contribution in [0.3, 0.4) is 0 Å². The highest BCUT2D eigenvalue weighted by Gasteiger charge is 2.37. The average Bonchev–Trinajstić information content (AvgIpc) is 2.82. The Labute approximate surface area is 106 Å². The minimum atomic E-state index is 0.827. The van der Waals surface area contributed by atoms with Crippen molar-refractivity contribution in [2.45, 2.75) is 64.0 Å². The summed E-state index contributed by atoms with van der Waals surface area (Å²) in [7, 11) is 0. The van der Waals surface area contributed by atoms with Gasteiger partial charge in [-0.2, -0.15) is 0 Å². The van der Waals surface area contributed by atoms with Gasteiger partial charge in [-0.1, -0.05) is 13.3 Å². The van der Waals surface area contributed by atoms with Crippen LogP contribution in [-0.2, 0) is 0 Å². The highest BCUT2D eigenvalue weighted by Crippen LogP contribution is 2.33. The van der Waals surface area contributed by atoms with E-state index in [-0.39, 0.29) is 0 Å². The van der Waals surface area contributed by atoms with Crippen LogP contribution in [0, 0.1) is 11.8 Å². The summed E-state index contributed by atoms with van der Waals surface area (Å²) in [4.78, 5) is 2.82. The Morgan fingerprint density at radius 3 is 2.59 bits per heavy atom. The van der Waals surface area contributed by atoms with Gasteiger partial charge in [0, 0.05) is 25.2 Å². The largest absolute Gasteiger partial charge is 0.312 e. The van der Waals surface area contributed by atoms with Crippen molar-refractivity contribution in [2.75, 3.05) is 19.6 Å². The van der Waals surface area contributed by atoms with E-state index in [4.69, 9.17) is 0 Å². The Bertz CT molecular complexity index is 231. The van der Waals surface area contributed by atoms with E-state index in [1.807, 2.05) is 0 Å². The van der Waals surface area contributed by atoms with Gasteiger partial charge in [0.1, 0.15) is 0 Å². The maximum atomic E-state index is 3.73. The molecule has 2 aliphatic heterocycles. The Kier molecular flexibility index (Phi) is 3.72. The van der Waals surface area contributed by atoms with Crippen LogP contribution in [0.5, 0.6) is 0 Å². The molecule has 2 atom stereocenters. The highest BCUT2D eigenvalue weighted by molar-refractivity contribution is 4.95. The van der Waals surface area contributed by atoms with Gasteiger partial charge < -0.3 is 5.32 Å². The topological polar surface area (TPSA) is 15.3 Å². The molecule has 0 aromatic rings. The van der Waals surface area contributed by atoms with Crippen LogP contribution in [0.2, 0.25) is 0 Å². The second-order valence-corrected chi connectivity index (χ2v) is 6.50. The number of piperidine rings is 1. The number of hydrogen-bond donors (Lipinski definition) is 1. The molecular formula is C15H28N2. The van der Waals surface area contributed by atoms with Gasteiger partial charge in [-0.3, -0.25) is 4.90 Å². The van der Waals surface area contributed by atoms with E-state index in [1.54, 1.807) is 0 Å². The van der Waals surface area contributed by atoms with Crippen molar-refractivity contribution in [3.8, 4) is 0 Å². The van der Waals surface area contributed by atoms with Crippen LogP contribution in [0.15, 0.2) is 0 Å². The minimum Gasteiger partial charge on any atom is -0.312 e.